The molecule has 16 heavy (non-hydrogen) atoms. The number of hydrogen-bond donors (Lipinski definition) is 2. The zero-order valence-corrected chi connectivity index (χ0v) is 9.50. The van der Waals surface area contributed by atoms with Crippen LogP contribution in [-0.4, -0.2) is 22.1 Å². The molecule has 1 heterocycles. The van der Waals surface area contributed by atoms with Crippen LogP contribution in [0.25, 0.3) is 0 Å². The summed E-state index contributed by atoms with van der Waals surface area (Å²) in [5, 5.41) is 3.57. The summed E-state index contributed by atoms with van der Waals surface area (Å²) in [7, 11) is 0. The lowest BCUT2D eigenvalue weighted by Crippen LogP contribution is -2.51. The molecule has 4 nitrogen and oxygen atoms in total. The molecule has 1 saturated carbocycles. The zero-order valence-electron chi connectivity index (χ0n) is 9.50. The number of rotatable bonds is 3. The van der Waals surface area contributed by atoms with Crippen molar-refractivity contribution in [1.29, 1.82) is 0 Å². The lowest BCUT2D eigenvalue weighted by molar-refractivity contribution is 0.286. The second-order valence-electron chi connectivity index (χ2n) is 4.96. The van der Waals surface area contributed by atoms with Crippen molar-refractivity contribution in [3.05, 3.63) is 17.6 Å². The molecule has 0 radical (unpaired) electrons. The highest BCUT2D eigenvalue weighted by Crippen LogP contribution is 2.36. The van der Waals surface area contributed by atoms with Gasteiger partial charge < -0.3 is 11.1 Å². The molecule has 2 aliphatic rings. The lowest BCUT2D eigenvalue weighted by Gasteiger charge is -2.42. The Kier molecular flexibility index (Phi) is 2.32. The molecule has 3 rings (SSSR count). The molecule has 0 aliphatic heterocycles. The molecular weight excluding hydrogens is 200 g/mol. The lowest BCUT2D eigenvalue weighted by atomic mass is 9.76. The second-order valence-corrected chi connectivity index (χ2v) is 4.96. The molecule has 0 saturated heterocycles. The Hall–Kier alpha value is -1.16. The van der Waals surface area contributed by atoms with Gasteiger partial charge in [-0.1, -0.05) is 0 Å². The van der Waals surface area contributed by atoms with E-state index in [0.717, 1.165) is 18.7 Å². The number of anilines is 1. The van der Waals surface area contributed by atoms with Gasteiger partial charge in [0, 0.05) is 17.8 Å². The minimum absolute atomic E-state index is 0.116. The second kappa shape index (κ2) is 3.70. The van der Waals surface area contributed by atoms with Gasteiger partial charge in [-0.15, -0.1) is 0 Å². The standard InChI is InChI=1S/C12H18N4/c13-7-12(5-2-6-12)16-11-9-3-1-4-10(9)14-8-15-11/h8H,1-7,13H2,(H,14,15,16). The number of aryl methyl sites for hydroxylation is 1. The Bertz CT molecular complexity index is 392. The minimum atomic E-state index is 0.116. The summed E-state index contributed by atoms with van der Waals surface area (Å²) in [6.07, 6.45) is 8.71. The molecule has 1 aromatic rings. The van der Waals surface area contributed by atoms with Gasteiger partial charge in [0.1, 0.15) is 12.1 Å². The zero-order chi connectivity index (χ0) is 11.0. The predicted octanol–water partition coefficient (Wildman–Crippen LogP) is 1.26. The average molecular weight is 218 g/mol. The van der Waals surface area contributed by atoms with Crippen LogP contribution in [-0.2, 0) is 12.8 Å². The molecule has 0 atom stereocenters. The normalized spacial score (nSPS) is 21.3. The SMILES string of the molecule is NCC1(Nc2ncnc3c2CCC3)CCC1. The Morgan fingerprint density at radius 1 is 1.25 bits per heavy atom. The maximum atomic E-state index is 5.86. The van der Waals surface area contributed by atoms with Gasteiger partial charge in [0.2, 0.25) is 0 Å². The summed E-state index contributed by atoms with van der Waals surface area (Å²) in [4.78, 5) is 8.72. The maximum absolute atomic E-state index is 5.86. The van der Waals surface area contributed by atoms with E-state index in [0.29, 0.717) is 6.54 Å². The summed E-state index contributed by atoms with van der Waals surface area (Å²) in [5.74, 6) is 1.03. The van der Waals surface area contributed by atoms with Crippen molar-refractivity contribution < 1.29 is 0 Å². The van der Waals surface area contributed by atoms with Crippen LogP contribution < -0.4 is 11.1 Å². The van der Waals surface area contributed by atoms with Crippen molar-refractivity contribution in [2.75, 3.05) is 11.9 Å². The van der Waals surface area contributed by atoms with Crippen LogP contribution in [0.1, 0.15) is 36.9 Å². The van der Waals surface area contributed by atoms with Crippen molar-refractivity contribution in [2.24, 2.45) is 5.73 Å². The number of nitrogens with zero attached hydrogens (tertiary/aromatic N) is 2. The van der Waals surface area contributed by atoms with Crippen LogP contribution in [0.5, 0.6) is 0 Å². The van der Waals surface area contributed by atoms with Crippen molar-refractivity contribution in [1.82, 2.24) is 9.97 Å². The first-order chi connectivity index (χ1) is 7.83. The summed E-state index contributed by atoms with van der Waals surface area (Å²) in [5.41, 5.74) is 8.52. The fourth-order valence-electron chi connectivity index (χ4n) is 2.70. The third-order valence-electron chi connectivity index (χ3n) is 3.96. The number of hydrogen-bond acceptors (Lipinski definition) is 4. The van der Waals surface area contributed by atoms with Crippen LogP contribution in [0.3, 0.4) is 0 Å². The first-order valence-corrected chi connectivity index (χ1v) is 6.14. The molecule has 86 valence electrons. The molecule has 0 amide bonds. The molecule has 2 aliphatic carbocycles. The van der Waals surface area contributed by atoms with Crippen molar-refractivity contribution in [2.45, 2.75) is 44.1 Å². The van der Waals surface area contributed by atoms with E-state index >= 15 is 0 Å². The monoisotopic (exact) mass is 218 g/mol. The molecule has 3 N–H and O–H groups in total. The predicted molar refractivity (Wildman–Crippen MR) is 63.3 cm³/mol. The van der Waals surface area contributed by atoms with Crippen molar-refractivity contribution in [3.63, 3.8) is 0 Å². The summed E-state index contributed by atoms with van der Waals surface area (Å²) in [6, 6.07) is 0. The van der Waals surface area contributed by atoms with Crippen LogP contribution in [0.15, 0.2) is 6.33 Å². The largest absolute Gasteiger partial charge is 0.363 e. The van der Waals surface area contributed by atoms with E-state index in [4.69, 9.17) is 5.73 Å². The fourth-order valence-corrected chi connectivity index (χ4v) is 2.70. The molecular formula is C12H18N4. The molecule has 1 fully saturated rings. The number of aromatic nitrogens is 2. The van der Waals surface area contributed by atoms with E-state index in [9.17, 15) is 0 Å². The summed E-state index contributed by atoms with van der Waals surface area (Å²) >= 11 is 0. The quantitative estimate of drug-likeness (QED) is 0.801. The van der Waals surface area contributed by atoms with Gasteiger partial charge in [0.25, 0.3) is 0 Å². The number of nitrogens with two attached hydrogens (primary N) is 1. The number of fused-ring (bicyclic) bond motifs is 1. The van der Waals surface area contributed by atoms with Crippen LogP contribution in [0.4, 0.5) is 5.82 Å². The third-order valence-corrected chi connectivity index (χ3v) is 3.96. The van der Waals surface area contributed by atoms with Crippen molar-refractivity contribution in [3.8, 4) is 0 Å². The summed E-state index contributed by atoms with van der Waals surface area (Å²) in [6.45, 7) is 0.700. The van der Waals surface area contributed by atoms with Gasteiger partial charge in [-0.25, -0.2) is 9.97 Å². The smallest absolute Gasteiger partial charge is 0.133 e. The van der Waals surface area contributed by atoms with Crippen LogP contribution in [0, 0.1) is 0 Å². The molecule has 1 aromatic heterocycles. The number of nitrogens with one attached hydrogen (secondary N) is 1. The Morgan fingerprint density at radius 2 is 2.12 bits per heavy atom. The van der Waals surface area contributed by atoms with Gasteiger partial charge in [-0.05, 0) is 38.5 Å². The minimum Gasteiger partial charge on any atom is -0.363 e. The molecule has 0 spiro atoms. The van der Waals surface area contributed by atoms with E-state index in [1.54, 1.807) is 6.33 Å². The summed E-state index contributed by atoms with van der Waals surface area (Å²) < 4.78 is 0. The third kappa shape index (κ3) is 1.48. The van der Waals surface area contributed by atoms with E-state index in [2.05, 4.69) is 15.3 Å². The average Bonchev–Trinajstić information content (AvgIpc) is 2.72. The van der Waals surface area contributed by atoms with Gasteiger partial charge in [0.05, 0.1) is 5.54 Å². The van der Waals surface area contributed by atoms with E-state index < -0.39 is 0 Å². The Morgan fingerprint density at radius 3 is 2.81 bits per heavy atom. The highest BCUT2D eigenvalue weighted by molar-refractivity contribution is 5.50. The Labute approximate surface area is 95.7 Å². The fraction of sp³-hybridized carbons (Fsp3) is 0.667. The first-order valence-electron chi connectivity index (χ1n) is 6.14. The van der Waals surface area contributed by atoms with Gasteiger partial charge in [-0.2, -0.15) is 0 Å². The topological polar surface area (TPSA) is 63.8 Å². The van der Waals surface area contributed by atoms with E-state index in [1.807, 2.05) is 0 Å². The molecule has 4 heteroatoms. The molecule has 0 bridgehead atoms. The highest BCUT2D eigenvalue weighted by atomic mass is 15.1. The molecule has 0 aromatic carbocycles. The van der Waals surface area contributed by atoms with Crippen LogP contribution in [0.2, 0.25) is 0 Å². The molecule has 0 unspecified atom stereocenters. The maximum Gasteiger partial charge on any atom is 0.133 e. The van der Waals surface area contributed by atoms with Gasteiger partial charge in [-0.3, -0.25) is 0 Å². The van der Waals surface area contributed by atoms with Gasteiger partial charge in [0.15, 0.2) is 0 Å². The van der Waals surface area contributed by atoms with Crippen LogP contribution >= 0.6 is 0 Å². The van der Waals surface area contributed by atoms with Gasteiger partial charge >= 0.3 is 0 Å². The van der Waals surface area contributed by atoms with E-state index in [1.165, 1.54) is 36.9 Å². The Balaban J connectivity index is 1.87. The van der Waals surface area contributed by atoms with Crippen molar-refractivity contribution >= 4 is 5.82 Å². The first kappa shape index (κ1) is 10.0. The van der Waals surface area contributed by atoms with E-state index in [-0.39, 0.29) is 5.54 Å². The highest BCUT2D eigenvalue weighted by Gasteiger charge is 2.36.